The molecule has 9 aromatic carbocycles. The van der Waals surface area contributed by atoms with Crippen molar-refractivity contribution in [3.63, 3.8) is 0 Å². The minimum absolute atomic E-state index is 0.0658. The molecule has 0 fully saturated rings. The standard InChI is InChI=1S/C60H41N9/c1-4-16-43(17-5-1)58-61-49-22-10-13-25-52(49)67(58)46-34-28-40(29-35-46)55-64-56(41-30-36-47(37-31-41)68-53-26-14-11-23-50(53)62-59(68)44-18-6-2-7-19-44)66-57(65-55)42-32-38-48(39-33-42)69-54-27-15-12-24-51(54)63-60(69)45-20-8-3-9-21-45/h1-39,58,61H. The summed E-state index contributed by atoms with van der Waals surface area (Å²) in [7, 11) is 0. The molecule has 0 bridgehead atoms. The molecule has 3 aromatic heterocycles. The van der Waals surface area contributed by atoms with Gasteiger partial charge in [-0.3, -0.25) is 9.13 Å². The van der Waals surface area contributed by atoms with E-state index in [1.54, 1.807) is 0 Å². The summed E-state index contributed by atoms with van der Waals surface area (Å²) in [6.07, 6.45) is -0.0658. The molecule has 0 radical (unpaired) electrons. The van der Waals surface area contributed by atoms with E-state index >= 15 is 0 Å². The molecule has 0 spiro atoms. The molecule has 4 heterocycles. The molecular weight excluding hydrogens is 847 g/mol. The van der Waals surface area contributed by atoms with E-state index in [4.69, 9.17) is 24.9 Å². The molecule has 0 saturated carbocycles. The van der Waals surface area contributed by atoms with E-state index in [0.717, 1.165) is 90.0 Å². The molecule has 326 valence electrons. The maximum atomic E-state index is 5.19. The van der Waals surface area contributed by atoms with Gasteiger partial charge in [-0.05, 0) is 115 Å². The van der Waals surface area contributed by atoms with Crippen LogP contribution >= 0.6 is 0 Å². The summed E-state index contributed by atoms with van der Waals surface area (Å²) in [6.45, 7) is 0. The van der Waals surface area contributed by atoms with Crippen molar-refractivity contribution in [3.8, 4) is 68.3 Å². The lowest BCUT2D eigenvalue weighted by molar-refractivity contribution is 0.828. The number of hydrogen-bond acceptors (Lipinski definition) is 7. The topological polar surface area (TPSA) is 89.6 Å². The van der Waals surface area contributed by atoms with Crippen molar-refractivity contribution in [2.75, 3.05) is 10.2 Å². The summed E-state index contributed by atoms with van der Waals surface area (Å²) in [4.78, 5) is 28.1. The summed E-state index contributed by atoms with van der Waals surface area (Å²) >= 11 is 0. The van der Waals surface area contributed by atoms with Gasteiger partial charge in [0, 0.05) is 44.9 Å². The molecule has 1 N–H and O–H groups in total. The maximum Gasteiger partial charge on any atom is 0.164 e. The highest BCUT2D eigenvalue weighted by Crippen LogP contribution is 2.46. The molecule has 12 aromatic rings. The van der Waals surface area contributed by atoms with Crippen molar-refractivity contribution in [1.82, 2.24) is 34.1 Å². The number of anilines is 3. The summed E-state index contributed by atoms with van der Waals surface area (Å²) < 4.78 is 4.43. The van der Waals surface area contributed by atoms with Crippen LogP contribution in [0, 0.1) is 0 Å². The fourth-order valence-electron chi connectivity index (χ4n) is 9.50. The molecule has 69 heavy (non-hydrogen) atoms. The van der Waals surface area contributed by atoms with Crippen molar-refractivity contribution in [3.05, 3.63) is 242 Å². The predicted octanol–water partition coefficient (Wildman–Crippen LogP) is 14.1. The zero-order valence-corrected chi connectivity index (χ0v) is 37.2. The van der Waals surface area contributed by atoms with Crippen LogP contribution < -0.4 is 10.2 Å². The second-order valence-electron chi connectivity index (χ2n) is 17.0. The van der Waals surface area contributed by atoms with Crippen LogP contribution in [0.2, 0.25) is 0 Å². The molecule has 1 atom stereocenters. The van der Waals surface area contributed by atoms with Crippen molar-refractivity contribution >= 4 is 39.1 Å². The molecule has 9 heteroatoms. The molecule has 1 aliphatic heterocycles. The van der Waals surface area contributed by atoms with Crippen LogP contribution in [-0.2, 0) is 0 Å². The largest absolute Gasteiger partial charge is 0.359 e. The van der Waals surface area contributed by atoms with Crippen molar-refractivity contribution in [1.29, 1.82) is 0 Å². The summed E-state index contributed by atoms with van der Waals surface area (Å²) in [5.74, 6) is 3.48. The van der Waals surface area contributed by atoms with Crippen LogP contribution in [0.1, 0.15) is 11.7 Å². The second kappa shape index (κ2) is 16.8. The highest BCUT2D eigenvalue weighted by Gasteiger charge is 2.31. The third kappa shape index (κ3) is 7.17. The summed E-state index contributed by atoms with van der Waals surface area (Å²) in [5, 5.41) is 3.75. The first-order valence-electron chi connectivity index (χ1n) is 23.0. The highest BCUT2D eigenvalue weighted by atomic mass is 15.3. The molecule has 0 saturated heterocycles. The van der Waals surface area contributed by atoms with Gasteiger partial charge in [-0.25, -0.2) is 24.9 Å². The van der Waals surface area contributed by atoms with Gasteiger partial charge in [0.15, 0.2) is 17.5 Å². The lowest BCUT2D eigenvalue weighted by Crippen LogP contribution is -2.23. The number of imidazole rings is 2. The first-order chi connectivity index (χ1) is 34.2. The van der Waals surface area contributed by atoms with E-state index in [1.807, 2.05) is 48.5 Å². The Morgan fingerprint density at radius 3 is 1.19 bits per heavy atom. The second-order valence-corrected chi connectivity index (χ2v) is 17.0. The van der Waals surface area contributed by atoms with Gasteiger partial charge in [-0.2, -0.15) is 0 Å². The molecule has 0 amide bonds. The Labute approximate surface area is 398 Å². The van der Waals surface area contributed by atoms with Gasteiger partial charge in [-0.15, -0.1) is 0 Å². The average molecular weight is 888 g/mol. The quantitative estimate of drug-likeness (QED) is 0.154. The zero-order valence-electron chi connectivity index (χ0n) is 37.2. The van der Waals surface area contributed by atoms with Gasteiger partial charge in [0.1, 0.15) is 17.8 Å². The highest BCUT2D eigenvalue weighted by molar-refractivity contribution is 5.86. The zero-order chi connectivity index (χ0) is 45.7. The minimum atomic E-state index is -0.0658. The van der Waals surface area contributed by atoms with Crippen LogP contribution in [0.15, 0.2) is 237 Å². The van der Waals surface area contributed by atoms with Crippen LogP contribution in [0.5, 0.6) is 0 Å². The van der Waals surface area contributed by atoms with Crippen molar-refractivity contribution < 1.29 is 0 Å². The Morgan fingerprint density at radius 2 is 0.710 bits per heavy atom. The Balaban J connectivity index is 0.910. The third-order valence-electron chi connectivity index (χ3n) is 12.8. The number of benzene rings is 9. The normalized spacial score (nSPS) is 13.2. The number of aromatic nitrogens is 7. The lowest BCUT2D eigenvalue weighted by atomic mass is 10.1. The SMILES string of the molecule is c1ccc(-c2nc3ccccc3n2-c2ccc(-c3nc(-c4ccc(N5c6ccccc6NC5c5ccccc5)cc4)nc(-c4ccc(-n5c(-c6ccccc6)nc6ccccc65)cc4)n3)cc2)cc1. The van der Waals surface area contributed by atoms with Gasteiger partial charge in [0.2, 0.25) is 0 Å². The number of rotatable bonds is 9. The molecule has 1 unspecified atom stereocenters. The first kappa shape index (κ1) is 39.9. The Bertz CT molecular complexity index is 3610. The summed E-state index contributed by atoms with van der Waals surface area (Å²) in [5.41, 5.74) is 15.0. The minimum Gasteiger partial charge on any atom is -0.359 e. The number of hydrogen-bond donors (Lipinski definition) is 1. The van der Waals surface area contributed by atoms with Crippen LogP contribution in [0.3, 0.4) is 0 Å². The predicted molar refractivity (Wildman–Crippen MR) is 278 cm³/mol. The molecular formula is C60H41N9. The van der Waals surface area contributed by atoms with E-state index < -0.39 is 0 Å². The van der Waals surface area contributed by atoms with E-state index in [-0.39, 0.29) is 6.17 Å². The number of nitrogens with one attached hydrogen (secondary N) is 1. The Kier molecular flexibility index (Phi) is 9.68. The van der Waals surface area contributed by atoms with Gasteiger partial charge >= 0.3 is 0 Å². The van der Waals surface area contributed by atoms with E-state index in [9.17, 15) is 0 Å². The third-order valence-corrected chi connectivity index (χ3v) is 12.8. The van der Waals surface area contributed by atoms with Gasteiger partial charge in [0.05, 0.1) is 33.4 Å². The Morgan fingerprint density at radius 1 is 0.319 bits per heavy atom. The van der Waals surface area contributed by atoms with Crippen LogP contribution in [-0.4, -0.2) is 34.1 Å². The molecule has 0 aliphatic carbocycles. The van der Waals surface area contributed by atoms with Crippen molar-refractivity contribution in [2.45, 2.75) is 6.17 Å². The smallest absolute Gasteiger partial charge is 0.164 e. The maximum absolute atomic E-state index is 5.19. The van der Waals surface area contributed by atoms with Gasteiger partial charge in [0.25, 0.3) is 0 Å². The van der Waals surface area contributed by atoms with Gasteiger partial charge < -0.3 is 10.2 Å². The fraction of sp³-hybridized carbons (Fsp3) is 0.0167. The molecule has 1 aliphatic rings. The number of nitrogens with zero attached hydrogens (tertiary/aromatic N) is 8. The van der Waals surface area contributed by atoms with E-state index in [0.29, 0.717) is 17.5 Å². The fourth-order valence-corrected chi connectivity index (χ4v) is 9.50. The van der Waals surface area contributed by atoms with Crippen LogP contribution in [0.4, 0.5) is 17.1 Å². The molecule has 13 rings (SSSR count). The van der Waals surface area contributed by atoms with E-state index in [1.165, 1.54) is 5.56 Å². The Hall–Kier alpha value is -9.47. The lowest BCUT2D eigenvalue weighted by Gasteiger charge is -2.27. The van der Waals surface area contributed by atoms with E-state index in [2.05, 4.69) is 207 Å². The number of fused-ring (bicyclic) bond motifs is 3. The monoisotopic (exact) mass is 887 g/mol. The van der Waals surface area contributed by atoms with Crippen LogP contribution in [0.25, 0.3) is 90.4 Å². The van der Waals surface area contributed by atoms with Gasteiger partial charge in [-0.1, -0.05) is 127 Å². The molecule has 9 nitrogen and oxygen atoms in total. The number of para-hydroxylation sites is 6. The first-order valence-corrected chi connectivity index (χ1v) is 23.0. The average Bonchev–Trinajstić information content (AvgIpc) is 4.14. The summed E-state index contributed by atoms with van der Waals surface area (Å²) in [6, 6.07) is 81.5. The van der Waals surface area contributed by atoms with Crippen molar-refractivity contribution in [2.24, 2.45) is 0 Å².